The fraction of sp³-hybridized carbons (Fsp3) is 0.438. The second-order valence-electron chi connectivity index (χ2n) is 5.24. The van der Waals surface area contributed by atoms with Crippen LogP contribution in [0.5, 0.6) is 0 Å². The number of ether oxygens (including phenoxy) is 1. The average Bonchev–Trinajstić information content (AvgIpc) is 2.78. The summed E-state index contributed by atoms with van der Waals surface area (Å²) >= 11 is 6.36. The number of aromatic nitrogens is 2. The van der Waals surface area contributed by atoms with E-state index >= 15 is 0 Å². The zero-order valence-electron chi connectivity index (χ0n) is 13.0. The van der Waals surface area contributed by atoms with Gasteiger partial charge in [-0.3, -0.25) is 4.68 Å². The van der Waals surface area contributed by atoms with Gasteiger partial charge >= 0.3 is 0 Å². The summed E-state index contributed by atoms with van der Waals surface area (Å²) in [6.07, 6.45) is 1.69. The predicted molar refractivity (Wildman–Crippen MR) is 85.9 cm³/mol. The summed E-state index contributed by atoms with van der Waals surface area (Å²) in [5.74, 6) is 0. The van der Waals surface area contributed by atoms with Crippen LogP contribution in [-0.4, -0.2) is 30.5 Å². The van der Waals surface area contributed by atoms with Crippen molar-refractivity contribution in [3.8, 4) is 0 Å². The largest absolute Gasteiger partial charge is 0.383 e. The van der Waals surface area contributed by atoms with E-state index in [-0.39, 0.29) is 6.04 Å². The SMILES string of the molecule is CNC(c1cc(C)cc(C)c1)c1c(Cl)cnn1CCOC. The minimum atomic E-state index is 0.00968. The van der Waals surface area contributed by atoms with Crippen molar-refractivity contribution in [3.05, 3.63) is 51.8 Å². The molecule has 0 aliphatic carbocycles. The van der Waals surface area contributed by atoms with Gasteiger partial charge in [0, 0.05) is 7.11 Å². The lowest BCUT2D eigenvalue weighted by Gasteiger charge is -2.20. The van der Waals surface area contributed by atoms with Crippen molar-refractivity contribution in [3.63, 3.8) is 0 Å². The molecule has 1 unspecified atom stereocenters. The van der Waals surface area contributed by atoms with Gasteiger partial charge in [-0.1, -0.05) is 40.9 Å². The van der Waals surface area contributed by atoms with Gasteiger partial charge in [0.05, 0.1) is 36.1 Å². The minimum absolute atomic E-state index is 0.00968. The maximum Gasteiger partial charge on any atom is 0.0837 e. The van der Waals surface area contributed by atoms with Crippen LogP contribution in [0, 0.1) is 13.8 Å². The Balaban J connectivity index is 2.43. The fourth-order valence-corrected chi connectivity index (χ4v) is 2.90. The molecular formula is C16H22ClN3O. The summed E-state index contributed by atoms with van der Waals surface area (Å²) in [6, 6.07) is 6.53. The highest BCUT2D eigenvalue weighted by atomic mass is 35.5. The van der Waals surface area contributed by atoms with Crippen molar-refractivity contribution in [2.75, 3.05) is 20.8 Å². The highest BCUT2D eigenvalue weighted by Crippen LogP contribution is 2.29. The molecule has 1 heterocycles. The van der Waals surface area contributed by atoms with Crippen molar-refractivity contribution in [2.24, 2.45) is 0 Å². The third-order valence-electron chi connectivity index (χ3n) is 3.48. The number of aryl methyl sites for hydroxylation is 2. The van der Waals surface area contributed by atoms with Gasteiger partial charge in [0.1, 0.15) is 0 Å². The molecule has 114 valence electrons. The summed E-state index contributed by atoms with van der Waals surface area (Å²) in [6.45, 7) is 5.50. The molecule has 0 aliphatic heterocycles. The standard InChI is InChI=1S/C16H22ClN3O/c1-11-7-12(2)9-13(8-11)15(18-3)16-14(17)10-19-20(16)5-6-21-4/h7-10,15,18H,5-6H2,1-4H3. The molecular weight excluding hydrogens is 286 g/mol. The van der Waals surface area contributed by atoms with E-state index in [4.69, 9.17) is 16.3 Å². The molecule has 0 radical (unpaired) electrons. The molecule has 2 aromatic rings. The topological polar surface area (TPSA) is 39.1 Å². The van der Waals surface area contributed by atoms with E-state index in [0.29, 0.717) is 18.2 Å². The highest BCUT2D eigenvalue weighted by molar-refractivity contribution is 6.31. The Morgan fingerprint density at radius 1 is 1.29 bits per heavy atom. The monoisotopic (exact) mass is 307 g/mol. The lowest BCUT2D eigenvalue weighted by molar-refractivity contribution is 0.182. The van der Waals surface area contributed by atoms with E-state index in [1.54, 1.807) is 13.3 Å². The fourth-order valence-electron chi connectivity index (χ4n) is 2.65. The Bertz CT molecular complexity index is 589. The van der Waals surface area contributed by atoms with Gasteiger partial charge in [0.15, 0.2) is 0 Å². The molecule has 0 saturated carbocycles. The zero-order chi connectivity index (χ0) is 15.4. The van der Waals surface area contributed by atoms with E-state index in [1.807, 2.05) is 11.7 Å². The summed E-state index contributed by atoms with van der Waals surface area (Å²) in [7, 11) is 3.62. The second kappa shape index (κ2) is 7.07. The Morgan fingerprint density at radius 2 is 1.95 bits per heavy atom. The van der Waals surface area contributed by atoms with E-state index in [0.717, 1.165) is 5.69 Å². The molecule has 0 fully saturated rings. The Labute approximate surface area is 131 Å². The first-order valence-corrected chi connectivity index (χ1v) is 7.40. The predicted octanol–water partition coefficient (Wildman–Crippen LogP) is 3.11. The van der Waals surface area contributed by atoms with E-state index in [2.05, 4.69) is 42.5 Å². The van der Waals surface area contributed by atoms with Crippen LogP contribution in [-0.2, 0) is 11.3 Å². The molecule has 1 atom stereocenters. The molecule has 0 amide bonds. The van der Waals surface area contributed by atoms with Gasteiger partial charge < -0.3 is 10.1 Å². The number of methoxy groups -OCH3 is 1. The van der Waals surface area contributed by atoms with Gasteiger partial charge in [0.25, 0.3) is 0 Å². The normalized spacial score (nSPS) is 12.6. The molecule has 5 heteroatoms. The number of halogens is 1. The van der Waals surface area contributed by atoms with Crippen LogP contribution < -0.4 is 5.32 Å². The quantitative estimate of drug-likeness (QED) is 0.891. The van der Waals surface area contributed by atoms with Gasteiger partial charge in [-0.05, 0) is 26.5 Å². The molecule has 0 aliphatic rings. The molecule has 4 nitrogen and oxygen atoms in total. The van der Waals surface area contributed by atoms with Crippen molar-refractivity contribution < 1.29 is 4.74 Å². The number of nitrogens with one attached hydrogen (secondary N) is 1. The molecule has 2 rings (SSSR count). The molecule has 1 N–H and O–H groups in total. The van der Waals surface area contributed by atoms with Crippen molar-refractivity contribution in [1.82, 2.24) is 15.1 Å². The molecule has 0 spiro atoms. The van der Waals surface area contributed by atoms with Crippen molar-refractivity contribution in [1.29, 1.82) is 0 Å². The summed E-state index contributed by atoms with van der Waals surface area (Å²) in [5, 5.41) is 8.37. The van der Waals surface area contributed by atoms with E-state index < -0.39 is 0 Å². The number of nitrogens with zero attached hydrogens (tertiary/aromatic N) is 2. The maximum atomic E-state index is 6.36. The number of rotatable bonds is 6. The lowest BCUT2D eigenvalue weighted by atomic mass is 9.99. The van der Waals surface area contributed by atoms with E-state index in [9.17, 15) is 0 Å². The Kier molecular flexibility index (Phi) is 5.39. The number of hydrogen-bond donors (Lipinski definition) is 1. The first-order chi connectivity index (χ1) is 10.1. The highest BCUT2D eigenvalue weighted by Gasteiger charge is 2.21. The Morgan fingerprint density at radius 3 is 2.52 bits per heavy atom. The summed E-state index contributed by atoms with van der Waals surface area (Å²) < 4.78 is 7.05. The number of hydrogen-bond acceptors (Lipinski definition) is 3. The molecule has 0 saturated heterocycles. The molecule has 1 aromatic heterocycles. The van der Waals surface area contributed by atoms with Crippen molar-refractivity contribution >= 4 is 11.6 Å². The molecule has 0 bridgehead atoms. The summed E-state index contributed by atoms with van der Waals surface area (Å²) in [4.78, 5) is 0. The number of benzene rings is 1. The minimum Gasteiger partial charge on any atom is -0.383 e. The lowest BCUT2D eigenvalue weighted by Crippen LogP contribution is -2.23. The van der Waals surface area contributed by atoms with Crippen LogP contribution in [0.4, 0.5) is 0 Å². The van der Waals surface area contributed by atoms with Crippen LogP contribution in [0.2, 0.25) is 5.02 Å². The first-order valence-electron chi connectivity index (χ1n) is 7.02. The van der Waals surface area contributed by atoms with Gasteiger partial charge in [-0.15, -0.1) is 0 Å². The van der Waals surface area contributed by atoms with Crippen LogP contribution in [0.3, 0.4) is 0 Å². The first kappa shape index (κ1) is 16.0. The van der Waals surface area contributed by atoms with Crippen LogP contribution in [0.25, 0.3) is 0 Å². The van der Waals surface area contributed by atoms with Gasteiger partial charge in [0.2, 0.25) is 0 Å². The third kappa shape index (κ3) is 3.64. The van der Waals surface area contributed by atoms with Crippen LogP contribution >= 0.6 is 11.6 Å². The average molecular weight is 308 g/mol. The zero-order valence-corrected chi connectivity index (χ0v) is 13.7. The summed E-state index contributed by atoms with van der Waals surface area (Å²) in [5.41, 5.74) is 4.64. The smallest absolute Gasteiger partial charge is 0.0837 e. The third-order valence-corrected chi connectivity index (χ3v) is 3.77. The van der Waals surface area contributed by atoms with Gasteiger partial charge in [-0.2, -0.15) is 5.10 Å². The van der Waals surface area contributed by atoms with E-state index in [1.165, 1.54) is 16.7 Å². The second-order valence-corrected chi connectivity index (χ2v) is 5.64. The molecule has 1 aromatic carbocycles. The Hall–Kier alpha value is -1.36. The van der Waals surface area contributed by atoms with Crippen LogP contribution in [0.15, 0.2) is 24.4 Å². The van der Waals surface area contributed by atoms with Crippen LogP contribution in [0.1, 0.15) is 28.4 Å². The van der Waals surface area contributed by atoms with Crippen molar-refractivity contribution in [2.45, 2.75) is 26.4 Å². The maximum absolute atomic E-state index is 6.36. The van der Waals surface area contributed by atoms with Gasteiger partial charge in [-0.25, -0.2) is 0 Å². The molecule has 21 heavy (non-hydrogen) atoms.